The molecule has 1 aliphatic heterocycles. The molecule has 2 fully saturated rings. The molecule has 2 aliphatic rings. The lowest BCUT2D eigenvalue weighted by Gasteiger charge is -2.35. The molecule has 1 saturated heterocycles. The molecule has 0 aromatic carbocycles. The van der Waals surface area contributed by atoms with E-state index in [-0.39, 0.29) is 0 Å². The zero-order valence-corrected chi connectivity index (χ0v) is 11.9. The molecule has 17 heavy (non-hydrogen) atoms. The van der Waals surface area contributed by atoms with Crippen LogP contribution < -0.4 is 5.32 Å². The molecule has 3 atom stereocenters. The molecule has 2 bridgehead atoms. The predicted octanol–water partition coefficient (Wildman–Crippen LogP) is 2.89. The smallest absolute Gasteiger partial charge is 0.0223 e. The van der Waals surface area contributed by atoms with Gasteiger partial charge in [-0.15, -0.1) is 0 Å². The van der Waals surface area contributed by atoms with Crippen LogP contribution in [-0.4, -0.2) is 36.6 Å². The molecule has 2 rings (SSSR count). The fourth-order valence-electron chi connectivity index (χ4n) is 3.67. The van der Waals surface area contributed by atoms with E-state index in [2.05, 4.69) is 31.0 Å². The SMILES string of the molecule is CCCC(CNCC(C)C)N1CC2CCC1C2. The van der Waals surface area contributed by atoms with Gasteiger partial charge in [0.05, 0.1) is 0 Å². The van der Waals surface area contributed by atoms with E-state index in [0.717, 1.165) is 23.9 Å². The minimum absolute atomic E-state index is 0.771. The lowest BCUT2D eigenvalue weighted by atomic mass is 10.0. The van der Waals surface area contributed by atoms with Gasteiger partial charge in [0.15, 0.2) is 0 Å². The Bertz CT molecular complexity index is 227. The summed E-state index contributed by atoms with van der Waals surface area (Å²) in [5.74, 6) is 1.80. The summed E-state index contributed by atoms with van der Waals surface area (Å²) in [5, 5.41) is 3.66. The summed E-state index contributed by atoms with van der Waals surface area (Å²) >= 11 is 0. The highest BCUT2D eigenvalue weighted by atomic mass is 15.2. The van der Waals surface area contributed by atoms with Crippen molar-refractivity contribution in [2.45, 2.75) is 65.0 Å². The molecule has 0 amide bonds. The minimum Gasteiger partial charge on any atom is -0.315 e. The third-order valence-electron chi connectivity index (χ3n) is 4.48. The number of hydrogen-bond acceptors (Lipinski definition) is 2. The van der Waals surface area contributed by atoms with Crippen LogP contribution in [-0.2, 0) is 0 Å². The summed E-state index contributed by atoms with van der Waals surface area (Å²) in [5.41, 5.74) is 0. The topological polar surface area (TPSA) is 15.3 Å². The standard InChI is InChI=1S/C15H30N2/c1-4-5-15(10-16-9-12(2)3)17-11-13-6-7-14(17)8-13/h12-16H,4-11H2,1-3H3. The first-order valence-electron chi connectivity index (χ1n) is 7.67. The molecule has 1 aliphatic carbocycles. The van der Waals surface area contributed by atoms with Crippen molar-refractivity contribution in [3.05, 3.63) is 0 Å². The Morgan fingerprint density at radius 3 is 2.59 bits per heavy atom. The van der Waals surface area contributed by atoms with Crippen molar-refractivity contribution in [3.8, 4) is 0 Å². The van der Waals surface area contributed by atoms with Gasteiger partial charge in [-0.1, -0.05) is 27.2 Å². The first-order chi connectivity index (χ1) is 8.20. The van der Waals surface area contributed by atoms with Gasteiger partial charge in [0, 0.05) is 25.2 Å². The molecular weight excluding hydrogens is 208 g/mol. The van der Waals surface area contributed by atoms with Crippen LogP contribution in [0.3, 0.4) is 0 Å². The molecule has 1 saturated carbocycles. The van der Waals surface area contributed by atoms with Crippen molar-refractivity contribution in [2.75, 3.05) is 19.6 Å². The molecule has 2 heteroatoms. The quantitative estimate of drug-likeness (QED) is 0.733. The Hall–Kier alpha value is -0.0800. The van der Waals surface area contributed by atoms with Crippen molar-refractivity contribution in [2.24, 2.45) is 11.8 Å². The van der Waals surface area contributed by atoms with E-state index in [9.17, 15) is 0 Å². The largest absolute Gasteiger partial charge is 0.315 e. The molecule has 0 aromatic rings. The number of likely N-dealkylation sites (tertiary alicyclic amines) is 1. The van der Waals surface area contributed by atoms with E-state index in [4.69, 9.17) is 0 Å². The highest BCUT2D eigenvalue weighted by molar-refractivity contribution is 4.95. The van der Waals surface area contributed by atoms with Gasteiger partial charge in [-0.25, -0.2) is 0 Å². The Kier molecular flexibility index (Phi) is 4.87. The summed E-state index contributed by atoms with van der Waals surface area (Å²) in [6.45, 7) is 10.7. The Labute approximate surface area is 107 Å². The fraction of sp³-hybridized carbons (Fsp3) is 1.00. The lowest BCUT2D eigenvalue weighted by molar-refractivity contribution is 0.137. The highest BCUT2D eigenvalue weighted by Crippen LogP contribution is 2.39. The predicted molar refractivity (Wildman–Crippen MR) is 74.2 cm³/mol. The van der Waals surface area contributed by atoms with Crippen LogP contribution in [0.15, 0.2) is 0 Å². The zero-order chi connectivity index (χ0) is 12.3. The van der Waals surface area contributed by atoms with Crippen LogP contribution >= 0.6 is 0 Å². The van der Waals surface area contributed by atoms with E-state index < -0.39 is 0 Å². The monoisotopic (exact) mass is 238 g/mol. The van der Waals surface area contributed by atoms with E-state index in [1.807, 2.05) is 0 Å². The molecule has 2 nitrogen and oxygen atoms in total. The lowest BCUT2D eigenvalue weighted by Crippen LogP contribution is -2.46. The summed E-state index contributed by atoms with van der Waals surface area (Å²) in [6.07, 6.45) is 7.15. The number of fused-ring (bicyclic) bond motifs is 2. The Morgan fingerprint density at radius 1 is 1.24 bits per heavy atom. The van der Waals surface area contributed by atoms with Gasteiger partial charge in [0.2, 0.25) is 0 Å². The van der Waals surface area contributed by atoms with Gasteiger partial charge >= 0.3 is 0 Å². The number of hydrogen-bond donors (Lipinski definition) is 1. The minimum atomic E-state index is 0.771. The molecule has 3 unspecified atom stereocenters. The van der Waals surface area contributed by atoms with Crippen molar-refractivity contribution in [3.63, 3.8) is 0 Å². The fourth-order valence-corrected chi connectivity index (χ4v) is 3.67. The number of nitrogens with zero attached hydrogens (tertiary/aromatic N) is 1. The summed E-state index contributed by atoms with van der Waals surface area (Å²) in [7, 11) is 0. The molecule has 100 valence electrons. The van der Waals surface area contributed by atoms with Gasteiger partial charge in [-0.2, -0.15) is 0 Å². The highest BCUT2D eigenvalue weighted by Gasteiger charge is 2.40. The van der Waals surface area contributed by atoms with Crippen molar-refractivity contribution >= 4 is 0 Å². The zero-order valence-electron chi connectivity index (χ0n) is 11.9. The van der Waals surface area contributed by atoms with E-state index >= 15 is 0 Å². The number of piperidine rings is 1. The van der Waals surface area contributed by atoms with Crippen LogP contribution in [0.1, 0.15) is 52.9 Å². The number of nitrogens with one attached hydrogen (secondary N) is 1. The summed E-state index contributed by atoms with van der Waals surface area (Å²) < 4.78 is 0. The first kappa shape index (κ1) is 13.4. The van der Waals surface area contributed by atoms with Gasteiger partial charge in [-0.3, -0.25) is 4.90 Å². The maximum absolute atomic E-state index is 3.66. The third-order valence-corrected chi connectivity index (χ3v) is 4.48. The van der Waals surface area contributed by atoms with Gasteiger partial charge in [-0.05, 0) is 44.1 Å². The van der Waals surface area contributed by atoms with Crippen molar-refractivity contribution in [1.29, 1.82) is 0 Å². The average molecular weight is 238 g/mol. The van der Waals surface area contributed by atoms with Crippen LogP contribution in [0.25, 0.3) is 0 Å². The molecule has 0 aromatic heterocycles. The second kappa shape index (κ2) is 6.19. The number of rotatable bonds is 7. The van der Waals surface area contributed by atoms with Gasteiger partial charge in [0.25, 0.3) is 0 Å². The van der Waals surface area contributed by atoms with Crippen molar-refractivity contribution in [1.82, 2.24) is 10.2 Å². The van der Waals surface area contributed by atoms with Crippen LogP contribution in [0.5, 0.6) is 0 Å². The van der Waals surface area contributed by atoms with Gasteiger partial charge < -0.3 is 5.32 Å². The normalized spacial score (nSPS) is 30.4. The second-order valence-corrected chi connectivity index (χ2v) is 6.52. The Balaban J connectivity index is 1.80. The maximum Gasteiger partial charge on any atom is 0.0223 e. The Morgan fingerprint density at radius 2 is 2.06 bits per heavy atom. The van der Waals surface area contributed by atoms with Gasteiger partial charge in [0.1, 0.15) is 0 Å². The van der Waals surface area contributed by atoms with Crippen molar-refractivity contribution < 1.29 is 0 Å². The van der Waals surface area contributed by atoms with E-state index in [1.54, 1.807) is 0 Å². The van der Waals surface area contributed by atoms with E-state index in [1.165, 1.54) is 51.7 Å². The van der Waals surface area contributed by atoms with Crippen LogP contribution in [0.4, 0.5) is 0 Å². The third kappa shape index (κ3) is 3.45. The molecule has 0 spiro atoms. The summed E-state index contributed by atoms with van der Waals surface area (Å²) in [6, 6.07) is 1.73. The average Bonchev–Trinajstić information content (AvgIpc) is 2.89. The molecule has 1 N–H and O–H groups in total. The van der Waals surface area contributed by atoms with Crippen LogP contribution in [0.2, 0.25) is 0 Å². The van der Waals surface area contributed by atoms with Crippen LogP contribution in [0, 0.1) is 11.8 Å². The summed E-state index contributed by atoms with van der Waals surface area (Å²) in [4.78, 5) is 2.82. The van der Waals surface area contributed by atoms with E-state index in [0.29, 0.717) is 0 Å². The molecule has 0 radical (unpaired) electrons. The molecule has 1 heterocycles. The second-order valence-electron chi connectivity index (χ2n) is 6.52. The first-order valence-corrected chi connectivity index (χ1v) is 7.67. The molecular formula is C15H30N2. The maximum atomic E-state index is 3.66.